The number of benzene rings is 2. The quantitative estimate of drug-likeness (QED) is 0.721. The molecular weight excluding hydrogens is 264 g/mol. The zero-order valence-electron chi connectivity index (χ0n) is 12.4. The van der Waals surface area contributed by atoms with E-state index in [0.717, 1.165) is 22.6 Å². The second-order valence-corrected chi connectivity index (χ2v) is 4.54. The fraction of sp³-hybridized carbons (Fsp3) is 0.222. The second-order valence-electron chi connectivity index (χ2n) is 4.54. The van der Waals surface area contributed by atoms with Gasteiger partial charge < -0.3 is 14.2 Å². The van der Waals surface area contributed by atoms with Gasteiger partial charge in [0.25, 0.3) is 0 Å². The van der Waals surface area contributed by atoms with E-state index in [1.54, 1.807) is 14.2 Å². The van der Waals surface area contributed by atoms with E-state index < -0.39 is 0 Å². The van der Waals surface area contributed by atoms with Crippen molar-refractivity contribution >= 4 is 6.08 Å². The zero-order valence-corrected chi connectivity index (χ0v) is 12.4. The molecule has 0 aliphatic rings. The number of ether oxygens (including phenoxy) is 3. The largest absolute Gasteiger partial charge is 0.497 e. The van der Waals surface area contributed by atoms with Crippen molar-refractivity contribution in [3.8, 4) is 11.5 Å². The molecule has 0 saturated carbocycles. The lowest BCUT2D eigenvalue weighted by molar-refractivity contribution is 0.149. The molecule has 0 radical (unpaired) electrons. The van der Waals surface area contributed by atoms with Crippen LogP contribution in [0, 0.1) is 0 Å². The summed E-state index contributed by atoms with van der Waals surface area (Å²) in [5.74, 6) is 1.72. The molecule has 3 nitrogen and oxygen atoms in total. The summed E-state index contributed by atoms with van der Waals surface area (Å²) in [6.45, 7) is 1.18. The van der Waals surface area contributed by atoms with Crippen LogP contribution >= 0.6 is 0 Å². The number of hydrogen-bond acceptors (Lipinski definition) is 3. The fourth-order valence-corrected chi connectivity index (χ4v) is 1.87. The van der Waals surface area contributed by atoms with Crippen LogP contribution in [-0.4, -0.2) is 20.8 Å². The van der Waals surface area contributed by atoms with E-state index >= 15 is 0 Å². The van der Waals surface area contributed by atoms with Gasteiger partial charge in [-0.1, -0.05) is 36.4 Å². The Hall–Kier alpha value is -2.26. The van der Waals surface area contributed by atoms with Crippen molar-refractivity contribution in [2.24, 2.45) is 0 Å². The average Bonchev–Trinajstić information content (AvgIpc) is 2.55. The topological polar surface area (TPSA) is 27.7 Å². The molecule has 0 amide bonds. The van der Waals surface area contributed by atoms with E-state index in [-0.39, 0.29) is 0 Å². The highest BCUT2D eigenvalue weighted by molar-refractivity contribution is 5.50. The molecule has 3 heteroatoms. The van der Waals surface area contributed by atoms with Gasteiger partial charge in [-0.15, -0.1) is 0 Å². The Bertz CT molecular complexity index is 556. The molecule has 0 N–H and O–H groups in total. The Morgan fingerprint density at radius 3 is 1.95 bits per heavy atom. The highest BCUT2D eigenvalue weighted by Crippen LogP contribution is 2.13. The molecule has 0 spiro atoms. The Kier molecular flexibility index (Phi) is 5.85. The van der Waals surface area contributed by atoms with Gasteiger partial charge in [-0.2, -0.15) is 0 Å². The lowest BCUT2D eigenvalue weighted by Gasteiger charge is -2.03. The van der Waals surface area contributed by atoms with Crippen molar-refractivity contribution in [1.82, 2.24) is 0 Å². The number of rotatable bonds is 7. The third-order valence-electron chi connectivity index (χ3n) is 3.07. The van der Waals surface area contributed by atoms with Crippen molar-refractivity contribution in [1.29, 1.82) is 0 Å². The van der Waals surface area contributed by atoms with E-state index in [4.69, 9.17) is 14.2 Å². The van der Waals surface area contributed by atoms with Gasteiger partial charge in [0.15, 0.2) is 0 Å². The summed E-state index contributed by atoms with van der Waals surface area (Å²) in [4.78, 5) is 0. The summed E-state index contributed by atoms with van der Waals surface area (Å²) < 4.78 is 15.8. The maximum absolute atomic E-state index is 5.61. The van der Waals surface area contributed by atoms with Gasteiger partial charge in [-0.3, -0.25) is 0 Å². The summed E-state index contributed by atoms with van der Waals surface area (Å²) in [7, 11) is 3.33. The highest BCUT2D eigenvalue weighted by Gasteiger charge is 1.94. The summed E-state index contributed by atoms with van der Waals surface area (Å²) in [6.07, 6.45) is 4.04. The molecular formula is C18H20O3. The van der Waals surface area contributed by atoms with E-state index in [2.05, 4.69) is 0 Å². The van der Waals surface area contributed by atoms with Gasteiger partial charge in [-0.25, -0.2) is 0 Å². The minimum absolute atomic E-state index is 0.581. The van der Waals surface area contributed by atoms with Crippen LogP contribution in [0.3, 0.4) is 0 Å². The minimum atomic E-state index is 0.581. The second kappa shape index (κ2) is 8.12. The Balaban J connectivity index is 1.74. The van der Waals surface area contributed by atoms with Crippen LogP contribution in [0.2, 0.25) is 0 Å². The third-order valence-corrected chi connectivity index (χ3v) is 3.07. The summed E-state index contributed by atoms with van der Waals surface area (Å²) >= 11 is 0. The van der Waals surface area contributed by atoms with Crippen molar-refractivity contribution in [2.45, 2.75) is 6.61 Å². The highest BCUT2D eigenvalue weighted by atomic mass is 16.5. The van der Waals surface area contributed by atoms with Gasteiger partial charge in [0.2, 0.25) is 0 Å². The molecule has 2 aromatic carbocycles. The predicted octanol–water partition coefficient (Wildman–Crippen LogP) is 3.93. The molecule has 21 heavy (non-hydrogen) atoms. The first kappa shape index (κ1) is 15.1. The van der Waals surface area contributed by atoms with Gasteiger partial charge in [0.1, 0.15) is 11.5 Å². The Labute approximate surface area is 125 Å². The number of methoxy groups -OCH3 is 2. The molecule has 0 aliphatic carbocycles. The third kappa shape index (κ3) is 4.97. The molecule has 110 valence electrons. The van der Waals surface area contributed by atoms with Crippen molar-refractivity contribution in [3.63, 3.8) is 0 Å². The van der Waals surface area contributed by atoms with Gasteiger partial charge in [-0.05, 0) is 35.4 Å². The smallest absolute Gasteiger partial charge is 0.118 e. The van der Waals surface area contributed by atoms with Crippen LogP contribution in [0.15, 0.2) is 54.6 Å². The Morgan fingerprint density at radius 1 is 0.810 bits per heavy atom. The van der Waals surface area contributed by atoms with Crippen LogP contribution < -0.4 is 9.47 Å². The zero-order chi connectivity index (χ0) is 14.9. The van der Waals surface area contributed by atoms with Crippen LogP contribution in [0.1, 0.15) is 11.1 Å². The van der Waals surface area contributed by atoms with E-state index in [0.29, 0.717) is 13.2 Å². The fourth-order valence-electron chi connectivity index (χ4n) is 1.87. The summed E-state index contributed by atoms with van der Waals surface area (Å²) in [6, 6.07) is 15.8. The molecule has 0 heterocycles. The summed E-state index contributed by atoms with van der Waals surface area (Å²) in [5.41, 5.74) is 2.26. The molecule has 0 aromatic heterocycles. The Morgan fingerprint density at radius 2 is 1.38 bits per heavy atom. The standard InChI is InChI=1S/C18H20O3/c1-19-17-9-5-15(6-10-17)4-3-13-21-14-16-7-11-18(20-2)12-8-16/h3-12H,13-14H2,1-2H3. The minimum Gasteiger partial charge on any atom is -0.497 e. The van der Waals surface area contributed by atoms with E-state index in [9.17, 15) is 0 Å². The van der Waals surface area contributed by atoms with Crippen LogP contribution in [0.25, 0.3) is 6.08 Å². The van der Waals surface area contributed by atoms with Gasteiger partial charge in [0, 0.05) is 0 Å². The normalized spacial score (nSPS) is 10.8. The number of hydrogen-bond donors (Lipinski definition) is 0. The van der Waals surface area contributed by atoms with Crippen LogP contribution in [-0.2, 0) is 11.3 Å². The lowest BCUT2D eigenvalue weighted by atomic mass is 10.2. The monoisotopic (exact) mass is 284 g/mol. The SMILES string of the molecule is COc1ccc(C=CCOCc2ccc(OC)cc2)cc1. The molecule has 0 atom stereocenters. The van der Waals surface area contributed by atoms with Crippen molar-refractivity contribution < 1.29 is 14.2 Å². The molecule has 0 aliphatic heterocycles. The predicted molar refractivity (Wildman–Crippen MR) is 84.7 cm³/mol. The molecule has 0 bridgehead atoms. The molecule has 2 aromatic rings. The first-order valence-electron chi connectivity index (χ1n) is 6.83. The average molecular weight is 284 g/mol. The first-order chi connectivity index (χ1) is 10.3. The van der Waals surface area contributed by atoms with E-state index in [1.807, 2.05) is 60.7 Å². The van der Waals surface area contributed by atoms with E-state index in [1.165, 1.54) is 0 Å². The maximum Gasteiger partial charge on any atom is 0.118 e. The molecule has 0 unspecified atom stereocenters. The van der Waals surface area contributed by atoms with Gasteiger partial charge in [0.05, 0.1) is 27.4 Å². The maximum atomic E-state index is 5.61. The van der Waals surface area contributed by atoms with Crippen LogP contribution in [0.4, 0.5) is 0 Å². The van der Waals surface area contributed by atoms with Crippen LogP contribution in [0.5, 0.6) is 11.5 Å². The molecule has 0 fully saturated rings. The summed E-state index contributed by atoms with van der Waals surface area (Å²) in [5, 5.41) is 0. The van der Waals surface area contributed by atoms with Crippen molar-refractivity contribution in [2.75, 3.05) is 20.8 Å². The van der Waals surface area contributed by atoms with Crippen molar-refractivity contribution in [3.05, 3.63) is 65.7 Å². The lowest BCUT2D eigenvalue weighted by Crippen LogP contribution is -1.93. The van der Waals surface area contributed by atoms with Gasteiger partial charge >= 0.3 is 0 Å². The molecule has 2 rings (SSSR count). The molecule has 0 saturated heterocycles. The first-order valence-corrected chi connectivity index (χ1v) is 6.83.